The zero-order valence-corrected chi connectivity index (χ0v) is 14.1. The van der Waals surface area contributed by atoms with E-state index in [0.29, 0.717) is 11.3 Å². The molecule has 0 atom stereocenters. The molecule has 5 nitrogen and oxygen atoms in total. The molecule has 0 aromatic carbocycles. The van der Waals surface area contributed by atoms with Gasteiger partial charge in [0, 0.05) is 39.4 Å². The van der Waals surface area contributed by atoms with Gasteiger partial charge in [0.05, 0.1) is 18.8 Å². The van der Waals surface area contributed by atoms with Crippen molar-refractivity contribution in [2.75, 3.05) is 52.6 Å². The summed E-state index contributed by atoms with van der Waals surface area (Å²) in [5.74, 6) is 0.292. The molecule has 3 fully saturated rings. The molecule has 0 aromatic rings. The van der Waals surface area contributed by atoms with E-state index in [1.807, 2.05) is 0 Å². The summed E-state index contributed by atoms with van der Waals surface area (Å²) >= 11 is 0. The zero-order chi connectivity index (χ0) is 15.6. The van der Waals surface area contributed by atoms with E-state index in [9.17, 15) is 4.79 Å². The minimum atomic E-state index is -0.423. The number of rotatable bonds is 2. The highest BCUT2D eigenvalue weighted by molar-refractivity contribution is 5.85. The van der Waals surface area contributed by atoms with Gasteiger partial charge in [-0.25, -0.2) is 0 Å². The van der Waals surface area contributed by atoms with Crippen LogP contribution in [0.1, 0.15) is 39.5 Å². The van der Waals surface area contributed by atoms with Crippen LogP contribution in [0, 0.1) is 5.41 Å². The second kappa shape index (κ2) is 6.46. The summed E-state index contributed by atoms with van der Waals surface area (Å²) in [6, 6.07) is 0. The maximum absolute atomic E-state index is 13.2. The average Bonchev–Trinajstić information content (AvgIpc) is 2.55. The summed E-state index contributed by atoms with van der Waals surface area (Å²) in [6.07, 6.45) is 4.59. The van der Waals surface area contributed by atoms with Gasteiger partial charge in [-0.05, 0) is 44.9 Å². The molecule has 5 heteroatoms. The summed E-state index contributed by atoms with van der Waals surface area (Å²) in [7, 11) is 0. The third-order valence-corrected chi connectivity index (χ3v) is 5.83. The first-order chi connectivity index (χ1) is 10.5. The molecule has 0 aliphatic carbocycles. The number of ether oxygens (including phenoxy) is 2. The summed E-state index contributed by atoms with van der Waals surface area (Å²) in [4.78, 5) is 17.6. The molecule has 3 aliphatic rings. The van der Waals surface area contributed by atoms with Crippen molar-refractivity contribution in [3.63, 3.8) is 0 Å². The van der Waals surface area contributed by atoms with Crippen LogP contribution in [0.3, 0.4) is 0 Å². The molecule has 3 aliphatic heterocycles. The van der Waals surface area contributed by atoms with Crippen LogP contribution in [-0.2, 0) is 14.3 Å². The van der Waals surface area contributed by atoms with E-state index in [0.717, 1.165) is 71.9 Å². The highest BCUT2D eigenvalue weighted by Crippen LogP contribution is 2.40. The van der Waals surface area contributed by atoms with Crippen LogP contribution in [-0.4, -0.2) is 73.9 Å². The van der Waals surface area contributed by atoms with E-state index < -0.39 is 5.54 Å². The van der Waals surface area contributed by atoms with Gasteiger partial charge in [-0.1, -0.05) is 0 Å². The zero-order valence-electron chi connectivity index (χ0n) is 14.1. The number of hydrogen-bond donors (Lipinski definition) is 0. The van der Waals surface area contributed by atoms with E-state index in [1.165, 1.54) is 6.42 Å². The van der Waals surface area contributed by atoms with Crippen molar-refractivity contribution in [1.82, 2.24) is 9.80 Å². The molecule has 22 heavy (non-hydrogen) atoms. The first-order valence-corrected chi connectivity index (χ1v) is 8.74. The standard InChI is InChI=1S/C17H30N2O3/c1-16(2,19-8-12-22-13-9-19)15(20)18-7-3-4-17(14-18)5-10-21-11-6-17/h3-14H2,1-2H3. The minimum Gasteiger partial charge on any atom is -0.381 e. The number of nitrogens with zero attached hydrogens (tertiary/aromatic N) is 2. The molecular weight excluding hydrogens is 280 g/mol. The van der Waals surface area contributed by atoms with Crippen molar-refractivity contribution in [3.05, 3.63) is 0 Å². The fourth-order valence-electron chi connectivity index (χ4n) is 4.24. The van der Waals surface area contributed by atoms with Gasteiger partial charge in [-0.3, -0.25) is 9.69 Å². The molecule has 1 amide bonds. The molecule has 3 rings (SSSR count). The monoisotopic (exact) mass is 310 g/mol. The number of piperidine rings is 1. The van der Waals surface area contributed by atoms with Crippen molar-refractivity contribution in [3.8, 4) is 0 Å². The Labute approximate surface area is 133 Å². The number of hydrogen-bond acceptors (Lipinski definition) is 4. The van der Waals surface area contributed by atoms with E-state index in [2.05, 4.69) is 23.6 Å². The largest absolute Gasteiger partial charge is 0.381 e. The van der Waals surface area contributed by atoms with Crippen molar-refractivity contribution < 1.29 is 14.3 Å². The lowest BCUT2D eigenvalue weighted by Crippen LogP contribution is -2.61. The topological polar surface area (TPSA) is 42.0 Å². The van der Waals surface area contributed by atoms with Gasteiger partial charge in [0.15, 0.2) is 0 Å². The second-order valence-corrected chi connectivity index (χ2v) is 7.60. The molecule has 0 N–H and O–H groups in total. The normalized spacial score (nSPS) is 27.1. The lowest BCUT2D eigenvalue weighted by molar-refractivity contribution is -0.151. The van der Waals surface area contributed by atoms with Crippen molar-refractivity contribution in [2.24, 2.45) is 5.41 Å². The lowest BCUT2D eigenvalue weighted by Gasteiger charge is -2.48. The van der Waals surface area contributed by atoms with Gasteiger partial charge in [0.1, 0.15) is 0 Å². The predicted octanol–water partition coefficient (Wildman–Crippen LogP) is 1.52. The van der Waals surface area contributed by atoms with Crippen molar-refractivity contribution in [2.45, 2.75) is 45.1 Å². The first-order valence-electron chi connectivity index (χ1n) is 8.74. The Kier molecular flexibility index (Phi) is 4.76. The summed E-state index contributed by atoms with van der Waals surface area (Å²) in [6.45, 7) is 10.9. The summed E-state index contributed by atoms with van der Waals surface area (Å²) in [5, 5.41) is 0. The molecular formula is C17H30N2O3. The molecule has 0 saturated carbocycles. The Balaban J connectivity index is 1.67. The van der Waals surface area contributed by atoms with Crippen molar-refractivity contribution >= 4 is 5.91 Å². The maximum atomic E-state index is 13.2. The average molecular weight is 310 g/mol. The van der Waals surface area contributed by atoms with Crippen molar-refractivity contribution in [1.29, 1.82) is 0 Å². The predicted molar refractivity (Wildman–Crippen MR) is 84.8 cm³/mol. The fourth-order valence-corrected chi connectivity index (χ4v) is 4.24. The summed E-state index contributed by atoms with van der Waals surface area (Å²) in [5.41, 5.74) is -0.110. The minimum absolute atomic E-state index is 0.292. The third kappa shape index (κ3) is 3.17. The fraction of sp³-hybridized carbons (Fsp3) is 0.941. The smallest absolute Gasteiger partial charge is 0.242 e. The number of morpholine rings is 1. The van der Waals surface area contributed by atoms with Gasteiger partial charge < -0.3 is 14.4 Å². The number of carbonyl (C=O) groups is 1. The van der Waals surface area contributed by atoms with Crippen LogP contribution in [0.5, 0.6) is 0 Å². The van der Waals surface area contributed by atoms with Crippen LogP contribution in [0.4, 0.5) is 0 Å². The molecule has 0 radical (unpaired) electrons. The first kappa shape index (κ1) is 16.2. The van der Waals surface area contributed by atoms with Gasteiger partial charge >= 0.3 is 0 Å². The molecule has 126 valence electrons. The number of carbonyl (C=O) groups excluding carboxylic acids is 1. The van der Waals surface area contributed by atoms with Crippen LogP contribution in [0.15, 0.2) is 0 Å². The van der Waals surface area contributed by atoms with Crippen LogP contribution >= 0.6 is 0 Å². The molecule has 0 unspecified atom stereocenters. The number of likely N-dealkylation sites (tertiary alicyclic amines) is 1. The molecule has 3 heterocycles. The Morgan fingerprint density at radius 2 is 1.59 bits per heavy atom. The Hall–Kier alpha value is -0.650. The Morgan fingerprint density at radius 3 is 2.27 bits per heavy atom. The van der Waals surface area contributed by atoms with E-state index in [-0.39, 0.29) is 0 Å². The third-order valence-electron chi connectivity index (χ3n) is 5.83. The highest BCUT2D eigenvalue weighted by atomic mass is 16.5. The van der Waals surface area contributed by atoms with E-state index in [4.69, 9.17) is 9.47 Å². The lowest BCUT2D eigenvalue weighted by atomic mass is 9.73. The summed E-state index contributed by atoms with van der Waals surface area (Å²) < 4.78 is 11.0. The second-order valence-electron chi connectivity index (χ2n) is 7.60. The molecule has 0 bridgehead atoms. The quantitative estimate of drug-likeness (QED) is 0.775. The molecule has 1 spiro atoms. The molecule has 3 saturated heterocycles. The maximum Gasteiger partial charge on any atom is 0.242 e. The van der Waals surface area contributed by atoms with Crippen LogP contribution in [0.25, 0.3) is 0 Å². The van der Waals surface area contributed by atoms with Gasteiger partial charge in [-0.15, -0.1) is 0 Å². The molecule has 0 aromatic heterocycles. The van der Waals surface area contributed by atoms with Gasteiger partial charge in [-0.2, -0.15) is 0 Å². The van der Waals surface area contributed by atoms with Gasteiger partial charge in [0.25, 0.3) is 0 Å². The van der Waals surface area contributed by atoms with Crippen LogP contribution in [0.2, 0.25) is 0 Å². The van der Waals surface area contributed by atoms with Gasteiger partial charge in [0.2, 0.25) is 5.91 Å². The highest BCUT2D eigenvalue weighted by Gasteiger charge is 2.43. The van der Waals surface area contributed by atoms with E-state index in [1.54, 1.807) is 0 Å². The van der Waals surface area contributed by atoms with Crippen LogP contribution < -0.4 is 0 Å². The number of amides is 1. The SMILES string of the molecule is CC(C)(C(=O)N1CCCC2(CCOCC2)C1)N1CCOCC1. The Morgan fingerprint density at radius 1 is 0.955 bits per heavy atom. The van der Waals surface area contributed by atoms with E-state index >= 15 is 0 Å². The Bertz CT molecular complexity index is 393.